The Balaban J connectivity index is 1.99. The minimum absolute atomic E-state index is 0.149. The quantitative estimate of drug-likeness (QED) is 0.840. The molecule has 1 saturated carbocycles. The van der Waals surface area contributed by atoms with E-state index >= 15 is 0 Å². The summed E-state index contributed by atoms with van der Waals surface area (Å²) < 4.78 is 11.7. The van der Waals surface area contributed by atoms with Gasteiger partial charge in [-0.05, 0) is 37.5 Å². The molecule has 3 heteroatoms. The van der Waals surface area contributed by atoms with Gasteiger partial charge in [-0.2, -0.15) is 0 Å². The second kappa shape index (κ2) is 5.89. The Kier molecular flexibility index (Phi) is 4.68. The van der Waals surface area contributed by atoms with Crippen molar-refractivity contribution in [2.45, 2.75) is 70.1 Å². The lowest BCUT2D eigenvalue weighted by Gasteiger charge is -2.42. The van der Waals surface area contributed by atoms with Crippen LogP contribution in [0.2, 0.25) is 0 Å². The summed E-state index contributed by atoms with van der Waals surface area (Å²) in [6, 6.07) is 0.149. The molecule has 2 rings (SSSR count). The third kappa shape index (κ3) is 2.89. The van der Waals surface area contributed by atoms with Crippen LogP contribution < -0.4 is 5.73 Å². The number of rotatable bonds is 4. The SMILES string of the molecule is COC(C(C)C)C(N)C1CCOC2(CCCC2)C1. The lowest BCUT2D eigenvalue weighted by Crippen LogP contribution is -2.50. The molecule has 2 aliphatic rings. The molecule has 18 heavy (non-hydrogen) atoms. The van der Waals surface area contributed by atoms with E-state index in [9.17, 15) is 0 Å². The summed E-state index contributed by atoms with van der Waals surface area (Å²) >= 11 is 0. The molecule has 0 bridgehead atoms. The average molecular weight is 255 g/mol. The summed E-state index contributed by atoms with van der Waals surface area (Å²) in [5.41, 5.74) is 6.64. The van der Waals surface area contributed by atoms with Gasteiger partial charge in [0.1, 0.15) is 0 Å². The van der Waals surface area contributed by atoms with Gasteiger partial charge >= 0.3 is 0 Å². The summed E-state index contributed by atoms with van der Waals surface area (Å²) in [6.45, 7) is 5.27. The molecule has 0 aromatic carbocycles. The first-order chi connectivity index (χ1) is 8.58. The molecule has 2 N–H and O–H groups in total. The number of nitrogens with two attached hydrogens (primary N) is 1. The van der Waals surface area contributed by atoms with Gasteiger partial charge in [-0.25, -0.2) is 0 Å². The van der Waals surface area contributed by atoms with E-state index in [1.165, 1.54) is 25.7 Å². The van der Waals surface area contributed by atoms with Crippen molar-refractivity contribution in [2.75, 3.05) is 13.7 Å². The van der Waals surface area contributed by atoms with Gasteiger partial charge in [-0.3, -0.25) is 0 Å². The van der Waals surface area contributed by atoms with E-state index in [-0.39, 0.29) is 17.7 Å². The maximum absolute atomic E-state index is 6.47. The van der Waals surface area contributed by atoms with Crippen molar-refractivity contribution in [3.63, 3.8) is 0 Å². The zero-order valence-corrected chi connectivity index (χ0v) is 12.2. The van der Waals surface area contributed by atoms with Crippen LogP contribution in [0.5, 0.6) is 0 Å². The Bertz CT molecular complexity index is 261. The van der Waals surface area contributed by atoms with Gasteiger partial charge < -0.3 is 15.2 Å². The molecule has 1 saturated heterocycles. The maximum Gasteiger partial charge on any atom is 0.0747 e. The van der Waals surface area contributed by atoms with Crippen LogP contribution in [-0.2, 0) is 9.47 Å². The van der Waals surface area contributed by atoms with Gasteiger partial charge in [0.05, 0.1) is 11.7 Å². The Morgan fingerprint density at radius 2 is 1.94 bits per heavy atom. The highest BCUT2D eigenvalue weighted by Gasteiger charge is 2.43. The van der Waals surface area contributed by atoms with E-state index in [0.29, 0.717) is 11.8 Å². The van der Waals surface area contributed by atoms with Crippen molar-refractivity contribution in [1.29, 1.82) is 0 Å². The zero-order chi connectivity index (χ0) is 13.2. The molecule has 3 nitrogen and oxygen atoms in total. The topological polar surface area (TPSA) is 44.5 Å². The van der Waals surface area contributed by atoms with Crippen molar-refractivity contribution in [3.05, 3.63) is 0 Å². The largest absolute Gasteiger partial charge is 0.380 e. The lowest BCUT2D eigenvalue weighted by molar-refractivity contribution is -0.106. The first-order valence-corrected chi connectivity index (χ1v) is 7.50. The Hall–Kier alpha value is -0.120. The van der Waals surface area contributed by atoms with Crippen molar-refractivity contribution >= 4 is 0 Å². The predicted molar refractivity (Wildman–Crippen MR) is 73.5 cm³/mol. The van der Waals surface area contributed by atoms with Gasteiger partial charge in [0.2, 0.25) is 0 Å². The van der Waals surface area contributed by atoms with E-state index in [1.807, 2.05) is 0 Å². The minimum atomic E-state index is 0.149. The van der Waals surface area contributed by atoms with Gasteiger partial charge in [-0.1, -0.05) is 26.7 Å². The fourth-order valence-electron chi connectivity index (χ4n) is 3.90. The summed E-state index contributed by atoms with van der Waals surface area (Å²) in [7, 11) is 1.79. The molecule has 1 spiro atoms. The summed E-state index contributed by atoms with van der Waals surface area (Å²) in [5.74, 6) is 1.04. The van der Waals surface area contributed by atoms with E-state index in [1.54, 1.807) is 7.11 Å². The Labute approximate surface area is 111 Å². The Morgan fingerprint density at radius 3 is 2.50 bits per heavy atom. The second-order valence-corrected chi connectivity index (χ2v) is 6.51. The average Bonchev–Trinajstić information content (AvgIpc) is 2.77. The van der Waals surface area contributed by atoms with Gasteiger partial charge in [0.25, 0.3) is 0 Å². The van der Waals surface area contributed by atoms with Crippen LogP contribution >= 0.6 is 0 Å². The minimum Gasteiger partial charge on any atom is -0.380 e. The molecule has 0 amide bonds. The molecule has 3 atom stereocenters. The third-order valence-corrected chi connectivity index (χ3v) is 4.90. The molecule has 0 radical (unpaired) electrons. The molecule has 0 aromatic heterocycles. The standard InChI is InChI=1S/C15H29NO2/c1-11(2)14(17-3)13(16)12-6-9-18-15(10-12)7-4-5-8-15/h11-14H,4-10,16H2,1-3H3. The molecule has 0 aromatic rings. The molecular formula is C15H29NO2. The van der Waals surface area contributed by atoms with Crippen molar-refractivity contribution in [2.24, 2.45) is 17.6 Å². The highest BCUT2D eigenvalue weighted by Crippen LogP contribution is 2.43. The normalized spacial score (nSPS) is 30.8. The van der Waals surface area contributed by atoms with Gasteiger partial charge in [0, 0.05) is 19.8 Å². The first kappa shape index (κ1) is 14.3. The third-order valence-electron chi connectivity index (χ3n) is 4.90. The van der Waals surface area contributed by atoms with Crippen LogP contribution in [0.4, 0.5) is 0 Å². The number of hydrogen-bond acceptors (Lipinski definition) is 3. The predicted octanol–water partition coefficient (Wildman–Crippen LogP) is 2.72. The smallest absolute Gasteiger partial charge is 0.0747 e. The Morgan fingerprint density at radius 1 is 1.28 bits per heavy atom. The van der Waals surface area contributed by atoms with Crippen molar-refractivity contribution < 1.29 is 9.47 Å². The van der Waals surface area contributed by atoms with Crippen molar-refractivity contribution in [1.82, 2.24) is 0 Å². The zero-order valence-electron chi connectivity index (χ0n) is 12.2. The van der Waals surface area contributed by atoms with E-state index in [0.717, 1.165) is 19.4 Å². The second-order valence-electron chi connectivity index (χ2n) is 6.51. The fourth-order valence-corrected chi connectivity index (χ4v) is 3.90. The van der Waals surface area contributed by atoms with Crippen LogP contribution in [-0.4, -0.2) is 31.5 Å². The van der Waals surface area contributed by atoms with Gasteiger partial charge in [0.15, 0.2) is 0 Å². The highest BCUT2D eigenvalue weighted by atomic mass is 16.5. The monoisotopic (exact) mass is 255 g/mol. The van der Waals surface area contributed by atoms with Crippen LogP contribution in [0.25, 0.3) is 0 Å². The lowest BCUT2D eigenvalue weighted by atomic mass is 9.77. The van der Waals surface area contributed by atoms with Crippen molar-refractivity contribution in [3.8, 4) is 0 Å². The highest BCUT2D eigenvalue weighted by molar-refractivity contribution is 4.95. The molecular weight excluding hydrogens is 226 g/mol. The van der Waals surface area contributed by atoms with Crippen LogP contribution in [0.15, 0.2) is 0 Å². The number of hydrogen-bond donors (Lipinski definition) is 1. The van der Waals surface area contributed by atoms with Gasteiger partial charge in [-0.15, -0.1) is 0 Å². The molecule has 2 fully saturated rings. The van der Waals surface area contributed by atoms with E-state index in [2.05, 4.69) is 13.8 Å². The van der Waals surface area contributed by atoms with E-state index < -0.39 is 0 Å². The van der Waals surface area contributed by atoms with E-state index in [4.69, 9.17) is 15.2 Å². The molecule has 106 valence electrons. The fraction of sp³-hybridized carbons (Fsp3) is 1.00. The maximum atomic E-state index is 6.47. The van der Waals surface area contributed by atoms with Crippen LogP contribution in [0.1, 0.15) is 52.4 Å². The molecule has 1 aliphatic heterocycles. The number of ether oxygens (including phenoxy) is 2. The molecule has 1 aliphatic carbocycles. The summed E-state index contributed by atoms with van der Waals surface area (Å²) in [5, 5.41) is 0. The number of methoxy groups -OCH3 is 1. The van der Waals surface area contributed by atoms with Crippen LogP contribution in [0, 0.1) is 11.8 Å². The molecule has 1 heterocycles. The summed E-state index contributed by atoms with van der Waals surface area (Å²) in [6.07, 6.45) is 7.51. The first-order valence-electron chi connectivity index (χ1n) is 7.50. The molecule has 3 unspecified atom stereocenters. The summed E-state index contributed by atoms with van der Waals surface area (Å²) in [4.78, 5) is 0. The van der Waals surface area contributed by atoms with Crippen LogP contribution in [0.3, 0.4) is 0 Å².